The molecule has 2 aliphatic rings. The first kappa shape index (κ1) is 14.8. The molecular formula is C14H26N2O3. The minimum atomic E-state index is -0.0180. The molecule has 1 aliphatic carbocycles. The summed E-state index contributed by atoms with van der Waals surface area (Å²) >= 11 is 0. The standard InChI is InChI=1S/C14H26N2O3/c1-18-12-8-16(9-13(12)19-2)14(17)10-6-4-3-5-7-11(10)15/h10-13H,3-9,15H2,1-2H3. The van der Waals surface area contributed by atoms with E-state index in [-0.39, 0.29) is 30.1 Å². The molecule has 2 fully saturated rings. The summed E-state index contributed by atoms with van der Waals surface area (Å²) in [4.78, 5) is 14.5. The van der Waals surface area contributed by atoms with E-state index < -0.39 is 0 Å². The lowest BCUT2D eigenvalue weighted by molar-refractivity contribution is -0.136. The molecule has 0 spiro atoms. The van der Waals surface area contributed by atoms with E-state index in [1.807, 2.05) is 4.90 Å². The molecule has 0 bridgehead atoms. The van der Waals surface area contributed by atoms with Crippen LogP contribution in [0, 0.1) is 5.92 Å². The van der Waals surface area contributed by atoms with Crippen molar-refractivity contribution >= 4 is 5.91 Å². The molecule has 1 heterocycles. The average Bonchev–Trinajstić information content (AvgIpc) is 2.73. The number of rotatable bonds is 3. The van der Waals surface area contributed by atoms with Crippen molar-refractivity contribution in [3.8, 4) is 0 Å². The third-order valence-corrected chi connectivity index (χ3v) is 4.52. The topological polar surface area (TPSA) is 64.8 Å². The number of carbonyl (C=O) groups is 1. The van der Waals surface area contributed by atoms with Gasteiger partial charge in [-0.1, -0.05) is 19.3 Å². The predicted molar refractivity (Wildman–Crippen MR) is 72.7 cm³/mol. The molecule has 0 aromatic carbocycles. The van der Waals surface area contributed by atoms with E-state index in [0.29, 0.717) is 13.1 Å². The average molecular weight is 270 g/mol. The lowest BCUT2D eigenvalue weighted by Gasteiger charge is -2.26. The largest absolute Gasteiger partial charge is 0.377 e. The van der Waals surface area contributed by atoms with Crippen LogP contribution in [0.15, 0.2) is 0 Å². The van der Waals surface area contributed by atoms with Crippen molar-refractivity contribution in [2.24, 2.45) is 11.7 Å². The zero-order valence-corrected chi connectivity index (χ0v) is 12.0. The van der Waals surface area contributed by atoms with Crippen LogP contribution in [0.4, 0.5) is 0 Å². The quantitative estimate of drug-likeness (QED) is 0.769. The number of nitrogens with two attached hydrogens (primary N) is 1. The van der Waals surface area contributed by atoms with Gasteiger partial charge in [-0.15, -0.1) is 0 Å². The van der Waals surface area contributed by atoms with Gasteiger partial charge >= 0.3 is 0 Å². The molecule has 19 heavy (non-hydrogen) atoms. The third kappa shape index (κ3) is 3.27. The number of hydrogen-bond donors (Lipinski definition) is 1. The van der Waals surface area contributed by atoms with Crippen LogP contribution in [-0.2, 0) is 14.3 Å². The number of carbonyl (C=O) groups excluding carboxylic acids is 1. The molecule has 0 radical (unpaired) electrons. The van der Waals surface area contributed by atoms with Crippen LogP contribution in [0.3, 0.4) is 0 Å². The monoisotopic (exact) mass is 270 g/mol. The van der Waals surface area contributed by atoms with Gasteiger partial charge in [-0.05, 0) is 12.8 Å². The maximum absolute atomic E-state index is 12.6. The molecule has 1 amide bonds. The fourth-order valence-electron chi connectivity index (χ4n) is 3.25. The van der Waals surface area contributed by atoms with E-state index in [4.69, 9.17) is 15.2 Å². The Morgan fingerprint density at radius 3 is 2.21 bits per heavy atom. The Morgan fingerprint density at radius 2 is 1.63 bits per heavy atom. The van der Waals surface area contributed by atoms with Crippen molar-refractivity contribution in [1.29, 1.82) is 0 Å². The minimum absolute atomic E-state index is 0.0117. The van der Waals surface area contributed by atoms with Crippen molar-refractivity contribution in [3.63, 3.8) is 0 Å². The summed E-state index contributed by atoms with van der Waals surface area (Å²) in [7, 11) is 3.34. The molecule has 1 saturated heterocycles. The first-order chi connectivity index (χ1) is 9.17. The van der Waals surface area contributed by atoms with E-state index in [1.54, 1.807) is 14.2 Å². The van der Waals surface area contributed by atoms with E-state index in [2.05, 4.69) is 0 Å². The fourth-order valence-corrected chi connectivity index (χ4v) is 3.25. The van der Waals surface area contributed by atoms with Gasteiger partial charge in [0.2, 0.25) is 5.91 Å². The van der Waals surface area contributed by atoms with Crippen LogP contribution >= 0.6 is 0 Å². The Balaban J connectivity index is 1.99. The van der Waals surface area contributed by atoms with Gasteiger partial charge in [0.15, 0.2) is 0 Å². The van der Waals surface area contributed by atoms with Crippen molar-refractivity contribution in [3.05, 3.63) is 0 Å². The van der Waals surface area contributed by atoms with Crippen LogP contribution < -0.4 is 5.73 Å². The fraction of sp³-hybridized carbons (Fsp3) is 0.929. The first-order valence-corrected chi connectivity index (χ1v) is 7.27. The van der Waals surface area contributed by atoms with Crippen molar-refractivity contribution in [2.75, 3.05) is 27.3 Å². The number of nitrogens with zero attached hydrogens (tertiary/aromatic N) is 1. The number of likely N-dealkylation sites (tertiary alicyclic amines) is 1. The van der Waals surface area contributed by atoms with E-state index >= 15 is 0 Å². The van der Waals surface area contributed by atoms with Gasteiger partial charge in [0.25, 0.3) is 0 Å². The molecule has 2 rings (SSSR count). The smallest absolute Gasteiger partial charge is 0.227 e. The lowest BCUT2D eigenvalue weighted by atomic mass is 9.94. The maximum Gasteiger partial charge on any atom is 0.227 e. The molecule has 5 heteroatoms. The van der Waals surface area contributed by atoms with Gasteiger partial charge in [-0.3, -0.25) is 4.79 Å². The number of hydrogen-bond acceptors (Lipinski definition) is 4. The van der Waals surface area contributed by atoms with Gasteiger partial charge in [0, 0.05) is 33.4 Å². The predicted octanol–water partition coefficient (Wildman–Crippen LogP) is 0.766. The van der Waals surface area contributed by atoms with Crippen LogP contribution in [0.2, 0.25) is 0 Å². The summed E-state index contributed by atoms with van der Waals surface area (Å²) in [5, 5.41) is 0. The second kappa shape index (κ2) is 6.68. The molecule has 0 aromatic heterocycles. The van der Waals surface area contributed by atoms with Crippen LogP contribution in [0.5, 0.6) is 0 Å². The molecule has 1 saturated carbocycles. The summed E-state index contributed by atoms with van der Waals surface area (Å²) in [5.41, 5.74) is 6.17. The van der Waals surface area contributed by atoms with Gasteiger partial charge in [-0.2, -0.15) is 0 Å². The highest BCUT2D eigenvalue weighted by atomic mass is 16.5. The molecule has 4 atom stereocenters. The Bertz CT molecular complexity index is 299. The summed E-state index contributed by atoms with van der Waals surface area (Å²) < 4.78 is 10.8. The van der Waals surface area contributed by atoms with Gasteiger partial charge < -0.3 is 20.1 Å². The van der Waals surface area contributed by atoms with Crippen LogP contribution in [0.1, 0.15) is 32.1 Å². The van der Waals surface area contributed by atoms with Crippen molar-refractivity contribution < 1.29 is 14.3 Å². The zero-order chi connectivity index (χ0) is 13.8. The lowest BCUT2D eigenvalue weighted by Crippen LogP contribution is -2.43. The highest BCUT2D eigenvalue weighted by molar-refractivity contribution is 5.80. The highest BCUT2D eigenvalue weighted by Crippen LogP contribution is 2.26. The van der Waals surface area contributed by atoms with E-state index in [0.717, 1.165) is 25.7 Å². The molecule has 1 aliphatic heterocycles. The first-order valence-electron chi connectivity index (χ1n) is 7.27. The highest BCUT2D eigenvalue weighted by Gasteiger charge is 2.39. The van der Waals surface area contributed by atoms with Gasteiger partial charge in [0.1, 0.15) is 12.2 Å². The summed E-state index contributed by atoms with van der Waals surface area (Å²) in [6.07, 6.45) is 5.30. The summed E-state index contributed by atoms with van der Waals surface area (Å²) in [6.45, 7) is 1.24. The summed E-state index contributed by atoms with van der Waals surface area (Å²) in [5.74, 6) is 0.173. The Hall–Kier alpha value is -0.650. The second-order valence-corrected chi connectivity index (χ2v) is 5.70. The molecule has 5 nitrogen and oxygen atoms in total. The van der Waals surface area contributed by atoms with Gasteiger partial charge in [0.05, 0.1) is 5.92 Å². The Morgan fingerprint density at radius 1 is 1.05 bits per heavy atom. The SMILES string of the molecule is COC1CN(C(=O)C2CCCCCC2N)CC1OC. The molecule has 0 aromatic rings. The Kier molecular flexibility index (Phi) is 5.19. The molecule has 110 valence electrons. The third-order valence-electron chi connectivity index (χ3n) is 4.52. The number of amides is 1. The number of methoxy groups -OCH3 is 2. The van der Waals surface area contributed by atoms with Crippen molar-refractivity contribution in [1.82, 2.24) is 4.90 Å². The normalized spacial score (nSPS) is 36.3. The summed E-state index contributed by atoms with van der Waals surface area (Å²) in [6, 6.07) is 0.0117. The Labute approximate surface area is 115 Å². The van der Waals surface area contributed by atoms with Crippen LogP contribution in [0.25, 0.3) is 0 Å². The maximum atomic E-state index is 12.6. The molecule has 2 N–H and O–H groups in total. The molecular weight excluding hydrogens is 244 g/mol. The van der Waals surface area contributed by atoms with Gasteiger partial charge in [-0.25, -0.2) is 0 Å². The zero-order valence-electron chi connectivity index (χ0n) is 12.0. The molecule has 4 unspecified atom stereocenters. The second-order valence-electron chi connectivity index (χ2n) is 5.70. The number of ether oxygens (including phenoxy) is 2. The van der Waals surface area contributed by atoms with E-state index in [1.165, 1.54) is 6.42 Å². The van der Waals surface area contributed by atoms with Crippen LogP contribution in [-0.4, -0.2) is 56.4 Å². The van der Waals surface area contributed by atoms with E-state index in [9.17, 15) is 4.79 Å². The minimum Gasteiger partial charge on any atom is -0.377 e. The van der Waals surface area contributed by atoms with Crippen molar-refractivity contribution in [2.45, 2.75) is 50.4 Å².